The van der Waals surface area contributed by atoms with Gasteiger partial charge < -0.3 is 15.0 Å². The summed E-state index contributed by atoms with van der Waals surface area (Å²) in [4.78, 5) is 26.9. The van der Waals surface area contributed by atoms with Crippen molar-refractivity contribution in [2.45, 2.75) is 25.2 Å². The third kappa shape index (κ3) is 4.77. The molecule has 0 atom stereocenters. The molecule has 31 heavy (non-hydrogen) atoms. The Hall–Kier alpha value is -3.60. The van der Waals surface area contributed by atoms with Crippen LogP contribution >= 0.6 is 0 Å². The van der Waals surface area contributed by atoms with Gasteiger partial charge in [0.05, 0.1) is 12.8 Å². The molecule has 1 aliphatic rings. The normalized spacial score (nSPS) is 13.5. The van der Waals surface area contributed by atoms with E-state index in [4.69, 9.17) is 4.74 Å². The molecule has 3 aromatic rings. The number of nitrogens with one attached hydrogen (secondary N) is 1. The van der Waals surface area contributed by atoms with Gasteiger partial charge in [-0.15, -0.1) is 0 Å². The van der Waals surface area contributed by atoms with Crippen LogP contribution in [0.4, 0.5) is 11.4 Å². The van der Waals surface area contributed by atoms with Crippen LogP contribution in [0.1, 0.15) is 36.3 Å². The molecular formula is C26H26N2O3. The highest BCUT2D eigenvalue weighted by Gasteiger charge is 2.25. The molecule has 0 aromatic heterocycles. The predicted octanol–water partition coefficient (Wildman–Crippen LogP) is 4.98. The van der Waals surface area contributed by atoms with Crippen molar-refractivity contribution in [3.63, 3.8) is 0 Å². The van der Waals surface area contributed by atoms with Crippen molar-refractivity contribution in [1.29, 1.82) is 0 Å². The summed E-state index contributed by atoms with van der Waals surface area (Å²) >= 11 is 0. The van der Waals surface area contributed by atoms with E-state index in [-0.39, 0.29) is 17.7 Å². The first-order valence-corrected chi connectivity index (χ1v) is 10.5. The second-order valence-corrected chi connectivity index (χ2v) is 7.66. The van der Waals surface area contributed by atoms with Crippen molar-refractivity contribution < 1.29 is 14.3 Å². The Balaban J connectivity index is 1.55. The van der Waals surface area contributed by atoms with Crippen molar-refractivity contribution in [2.75, 3.05) is 23.9 Å². The van der Waals surface area contributed by atoms with Gasteiger partial charge in [-0.05, 0) is 35.7 Å². The Morgan fingerprint density at radius 2 is 1.65 bits per heavy atom. The van der Waals surface area contributed by atoms with Crippen LogP contribution in [-0.2, 0) is 9.59 Å². The molecule has 0 saturated carbocycles. The van der Waals surface area contributed by atoms with Crippen LogP contribution in [0.25, 0.3) is 0 Å². The first-order chi connectivity index (χ1) is 15.2. The molecule has 3 aromatic carbocycles. The zero-order valence-electron chi connectivity index (χ0n) is 17.6. The van der Waals surface area contributed by atoms with Gasteiger partial charge in [0.2, 0.25) is 11.8 Å². The van der Waals surface area contributed by atoms with Crippen LogP contribution in [0.5, 0.6) is 5.75 Å². The van der Waals surface area contributed by atoms with Gasteiger partial charge in [-0.2, -0.15) is 0 Å². The van der Waals surface area contributed by atoms with Crippen molar-refractivity contribution in [1.82, 2.24) is 0 Å². The zero-order valence-corrected chi connectivity index (χ0v) is 17.6. The number of carbonyl (C=O) groups is 2. The molecule has 0 bridgehead atoms. The van der Waals surface area contributed by atoms with Gasteiger partial charge in [0.15, 0.2) is 0 Å². The fourth-order valence-electron chi connectivity index (χ4n) is 4.08. The summed E-state index contributed by atoms with van der Waals surface area (Å²) in [5, 5.41) is 3.01. The van der Waals surface area contributed by atoms with E-state index >= 15 is 0 Å². The Labute approximate surface area is 182 Å². The van der Waals surface area contributed by atoms with Crippen molar-refractivity contribution in [3.05, 3.63) is 90.0 Å². The van der Waals surface area contributed by atoms with E-state index in [0.717, 1.165) is 17.5 Å². The first kappa shape index (κ1) is 20.7. The molecule has 1 heterocycles. The minimum absolute atomic E-state index is 0.0414. The molecule has 0 unspecified atom stereocenters. The summed E-state index contributed by atoms with van der Waals surface area (Å²) in [6, 6.07) is 25.5. The molecule has 0 aliphatic carbocycles. The van der Waals surface area contributed by atoms with Crippen LogP contribution in [-0.4, -0.2) is 25.5 Å². The SMILES string of the molecule is COc1ccc(NC(=O)CC(c2ccccc2)c2ccccc2)cc1N1CCCC1=O. The number of methoxy groups -OCH3 is 1. The van der Waals surface area contributed by atoms with Crippen molar-refractivity contribution >= 4 is 23.2 Å². The molecule has 1 fully saturated rings. The summed E-state index contributed by atoms with van der Waals surface area (Å²) in [5.74, 6) is 0.580. The average Bonchev–Trinajstić information content (AvgIpc) is 3.24. The second kappa shape index (κ2) is 9.47. The lowest BCUT2D eigenvalue weighted by Crippen LogP contribution is -2.24. The zero-order chi connectivity index (χ0) is 21.6. The van der Waals surface area contributed by atoms with E-state index in [1.54, 1.807) is 24.1 Å². The van der Waals surface area contributed by atoms with E-state index in [9.17, 15) is 9.59 Å². The molecule has 4 rings (SSSR count). The monoisotopic (exact) mass is 414 g/mol. The van der Waals surface area contributed by atoms with Crippen LogP contribution < -0.4 is 15.0 Å². The first-order valence-electron chi connectivity index (χ1n) is 10.5. The number of hydrogen-bond donors (Lipinski definition) is 1. The predicted molar refractivity (Wildman–Crippen MR) is 123 cm³/mol. The van der Waals surface area contributed by atoms with Gasteiger partial charge in [-0.3, -0.25) is 9.59 Å². The lowest BCUT2D eigenvalue weighted by Gasteiger charge is -2.21. The molecule has 0 spiro atoms. The Morgan fingerprint density at radius 1 is 1.00 bits per heavy atom. The number of amides is 2. The van der Waals surface area contributed by atoms with E-state index < -0.39 is 0 Å². The Morgan fingerprint density at radius 3 is 2.19 bits per heavy atom. The number of nitrogens with zero attached hydrogens (tertiary/aromatic N) is 1. The number of hydrogen-bond acceptors (Lipinski definition) is 3. The summed E-state index contributed by atoms with van der Waals surface area (Å²) in [7, 11) is 1.59. The third-order valence-electron chi connectivity index (χ3n) is 5.62. The summed E-state index contributed by atoms with van der Waals surface area (Å²) in [6.45, 7) is 0.663. The third-order valence-corrected chi connectivity index (χ3v) is 5.62. The Bertz CT molecular complexity index is 1010. The summed E-state index contributed by atoms with van der Waals surface area (Å²) < 4.78 is 5.44. The van der Waals surface area contributed by atoms with E-state index in [0.29, 0.717) is 36.5 Å². The Kier molecular flexibility index (Phi) is 6.32. The van der Waals surface area contributed by atoms with Crippen LogP contribution in [0.2, 0.25) is 0 Å². The molecule has 1 N–H and O–H groups in total. The number of benzene rings is 3. The van der Waals surface area contributed by atoms with Gasteiger partial charge in [0, 0.05) is 31.0 Å². The van der Waals surface area contributed by atoms with Crippen molar-refractivity contribution in [2.24, 2.45) is 0 Å². The highest BCUT2D eigenvalue weighted by Crippen LogP contribution is 2.34. The summed E-state index contributed by atoms with van der Waals surface area (Å²) in [5.41, 5.74) is 3.55. The summed E-state index contributed by atoms with van der Waals surface area (Å²) in [6.07, 6.45) is 1.68. The lowest BCUT2D eigenvalue weighted by atomic mass is 9.88. The van der Waals surface area contributed by atoms with E-state index in [1.807, 2.05) is 42.5 Å². The maximum Gasteiger partial charge on any atom is 0.227 e. The molecule has 158 valence electrons. The molecule has 0 radical (unpaired) electrons. The number of carbonyl (C=O) groups excluding carboxylic acids is 2. The number of anilines is 2. The second-order valence-electron chi connectivity index (χ2n) is 7.66. The van der Waals surface area contributed by atoms with Gasteiger partial charge in [0.25, 0.3) is 0 Å². The fraction of sp³-hybridized carbons (Fsp3) is 0.231. The largest absolute Gasteiger partial charge is 0.495 e. The van der Waals surface area contributed by atoms with E-state index in [2.05, 4.69) is 29.6 Å². The van der Waals surface area contributed by atoms with Gasteiger partial charge in [0.1, 0.15) is 5.75 Å². The standard InChI is InChI=1S/C26H26N2O3/c1-31-24-15-14-21(17-23(24)28-16-8-13-26(28)30)27-25(29)18-22(19-9-4-2-5-10-19)20-11-6-3-7-12-20/h2-7,9-12,14-15,17,22H,8,13,16,18H2,1H3,(H,27,29). The quantitative estimate of drug-likeness (QED) is 0.593. The maximum atomic E-state index is 13.0. The molecule has 5 nitrogen and oxygen atoms in total. The van der Waals surface area contributed by atoms with Crippen molar-refractivity contribution in [3.8, 4) is 5.75 Å². The fourth-order valence-corrected chi connectivity index (χ4v) is 4.08. The highest BCUT2D eigenvalue weighted by molar-refractivity contribution is 5.98. The van der Waals surface area contributed by atoms with Gasteiger partial charge in [-0.1, -0.05) is 60.7 Å². The van der Waals surface area contributed by atoms with Crippen LogP contribution in [0.3, 0.4) is 0 Å². The maximum absolute atomic E-state index is 13.0. The van der Waals surface area contributed by atoms with Gasteiger partial charge in [-0.25, -0.2) is 0 Å². The van der Waals surface area contributed by atoms with Crippen LogP contribution in [0.15, 0.2) is 78.9 Å². The molecular weight excluding hydrogens is 388 g/mol. The van der Waals surface area contributed by atoms with Gasteiger partial charge >= 0.3 is 0 Å². The topological polar surface area (TPSA) is 58.6 Å². The molecule has 5 heteroatoms. The smallest absolute Gasteiger partial charge is 0.227 e. The molecule has 1 saturated heterocycles. The average molecular weight is 415 g/mol. The highest BCUT2D eigenvalue weighted by atomic mass is 16.5. The minimum atomic E-state index is -0.0819. The number of rotatable bonds is 7. The molecule has 1 aliphatic heterocycles. The number of ether oxygens (including phenoxy) is 1. The van der Waals surface area contributed by atoms with Crippen LogP contribution in [0, 0.1) is 0 Å². The minimum Gasteiger partial charge on any atom is -0.495 e. The molecule has 2 amide bonds. The lowest BCUT2D eigenvalue weighted by molar-refractivity contribution is -0.117. The van der Waals surface area contributed by atoms with E-state index in [1.165, 1.54) is 0 Å².